The Hall–Kier alpha value is -2.40. The number of H-pyrrole nitrogens is 1. The normalized spacial score (nSPS) is 11.5. The molecule has 0 aliphatic carbocycles. The maximum absolute atomic E-state index is 11.4. The number of benzene rings is 1. The number of imidazole rings is 1. The molecule has 4 nitrogen and oxygen atoms in total. The topological polar surface area (TPSA) is 50.2 Å². The number of aromatic nitrogens is 3. The lowest BCUT2D eigenvalue weighted by atomic mass is 10.1. The predicted octanol–water partition coefficient (Wildman–Crippen LogP) is 3.52. The Labute approximate surface area is 124 Å². The van der Waals surface area contributed by atoms with Gasteiger partial charge < -0.3 is 9.38 Å². The highest BCUT2D eigenvalue weighted by atomic mass is 32.1. The van der Waals surface area contributed by atoms with E-state index in [1.165, 1.54) is 16.9 Å². The third-order valence-electron chi connectivity index (χ3n) is 3.71. The summed E-state index contributed by atoms with van der Waals surface area (Å²) in [5.41, 5.74) is 6.08. The first-order chi connectivity index (χ1) is 10.1. The first kappa shape index (κ1) is 12.3. The lowest BCUT2D eigenvalue weighted by molar-refractivity contribution is 1.10. The van der Waals surface area contributed by atoms with Crippen molar-refractivity contribution >= 4 is 27.2 Å². The Kier molecular flexibility index (Phi) is 2.53. The minimum Gasteiger partial charge on any atom is -0.312 e. The van der Waals surface area contributed by atoms with E-state index < -0.39 is 0 Å². The van der Waals surface area contributed by atoms with Gasteiger partial charge in [0.1, 0.15) is 5.65 Å². The number of aromatic amines is 1. The lowest BCUT2D eigenvalue weighted by Gasteiger charge is -2.00. The third-order valence-corrected chi connectivity index (χ3v) is 4.58. The molecule has 0 atom stereocenters. The van der Waals surface area contributed by atoms with Crippen molar-refractivity contribution < 1.29 is 0 Å². The summed E-state index contributed by atoms with van der Waals surface area (Å²) in [4.78, 5) is 19.0. The molecular formula is C16H13N3OS. The Bertz CT molecular complexity index is 1040. The van der Waals surface area contributed by atoms with Crippen LogP contribution in [0.5, 0.6) is 0 Å². The van der Waals surface area contributed by atoms with Crippen molar-refractivity contribution in [2.45, 2.75) is 13.8 Å². The average molecular weight is 295 g/mol. The number of hydrogen-bond donors (Lipinski definition) is 1. The number of pyridine rings is 1. The van der Waals surface area contributed by atoms with Crippen LogP contribution in [0.3, 0.4) is 0 Å². The summed E-state index contributed by atoms with van der Waals surface area (Å²) >= 11 is 1.23. The van der Waals surface area contributed by atoms with E-state index in [-0.39, 0.29) is 4.87 Å². The van der Waals surface area contributed by atoms with E-state index in [4.69, 9.17) is 4.98 Å². The monoisotopic (exact) mass is 295 g/mol. The molecule has 0 amide bonds. The van der Waals surface area contributed by atoms with Gasteiger partial charge in [-0.1, -0.05) is 17.4 Å². The molecule has 3 aromatic heterocycles. The van der Waals surface area contributed by atoms with Crippen LogP contribution in [-0.2, 0) is 0 Å². The van der Waals surface area contributed by atoms with Crippen molar-refractivity contribution in [1.29, 1.82) is 0 Å². The fourth-order valence-electron chi connectivity index (χ4n) is 2.64. The second-order valence-electron chi connectivity index (χ2n) is 5.20. The van der Waals surface area contributed by atoms with Crippen LogP contribution < -0.4 is 4.87 Å². The first-order valence-corrected chi connectivity index (χ1v) is 7.52. The molecule has 0 bridgehead atoms. The maximum Gasteiger partial charge on any atom is 0.305 e. The second kappa shape index (κ2) is 4.30. The van der Waals surface area contributed by atoms with E-state index in [9.17, 15) is 4.79 Å². The molecule has 1 aromatic carbocycles. The van der Waals surface area contributed by atoms with Crippen molar-refractivity contribution in [3.8, 4) is 11.3 Å². The standard InChI is InChI=1S/C16H13N3OS/c1-9-5-6-19-10(2)15(18-14(19)7-9)11-3-4-13-12(8-11)17-16(20)21-13/h3-8H,1-2H3,(H,17,20). The zero-order valence-corrected chi connectivity index (χ0v) is 12.5. The summed E-state index contributed by atoms with van der Waals surface area (Å²) in [6.45, 7) is 4.12. The summed E-state index contributed by atoms with van der Waals surface area (Å²) in [6.07, 6.45) is 2.04. The van der Waals surface area contributed by atoms with Gasteiger partial charge in [0.25, 0.3) is 0 Å². The fourth-order valence-corrected chi connectivity index (χ4v) is 3.36. The number of thiazole rings is 1. The highest BCUT2D eigenvalue weighted by molar-refractivity contribution is 7.16. The van der Waals surface area contributed by atoms with Crippen LogP contribution in [0.4, 0.5) is 0 Å². The lowest BCUT2D eigenvalue weighted by Crippen LogP contribution is -1.90. The van der Waals surface area contributed by atoms with Crippen LogP contribution in [-0.4, -0.2) is 14.4 Å². The van der Waals surface area contributed by atoms with E-state index in [2.05, 4.69) is 35.4 Å². The van der Waals surface area contributed by atoms with E-state index in [1.54, 1.807) is 0 Å². The zero-order chi connectivity index (χ0) is 14.6. The minimum absolute atomic E-state index is 0.0236. The van der Waals surface area contributed by atoms with Crippen molar-refractivity contribution in [3.05, 3.63) is 57.5 Å². The number of nitrogens with zero attached hydrogens (tertiary/aromatic N) is 2. The van der Waals surface area contributed by atoms with Gasteiger partial charge in [-0.25, -0.2) is 4.98 Å². The molecule has 5 heteroatoms. The summed E-state index contributed by atoms with van der Waals surface area (Å²) in [6, 6.07) is 10.1. The van der Waals surface area contributed by atoms with Gasteiger partial charge in [-0.15, -0.1) is 0 Å². The Balaban J connectivity index is 1.98. The van der Waals surface area contributed by atoms with Crippen LogP contribution in [0.2, 0.25) is 0 Å². The molecule has 0 saturated heterocycles. The van der Waals surface area contributed by atoms with Crippen molar-refractivity contribution in [3.63, 3.8) is 0 Å². The summed E-state index contributed by atoms with van der Waals surface area (Å²) in [5.74, 6) is 0. The van der Waals surface area contributed by atoms with Gasteiger partial charge in [-0.3, -0.25) is 4.79 Å². The van der Waals surface area contributed by atoms with Gasteiger partial charge in [0, 0.05) is 17.5 Å². The van der Waals surface area contributed by atoms with Gasteiger partial charge in [-0.2, -0.15) is 0 Å². The molecule has 0 fully saturated rings. The summed E-state index contributed by atoms with van der Waals surface area (Å²) in [7, 11) is 0. The molecule has 104 valence electrons. The smallest absolute Gasteiger partial charge is 0.305 e. The number of aryl methyl sites for hydroxylation is 2. The highest BCUT2D eigenvalue weighted by Crippen LogP contribution is 2.27. The summed E-state index contributed by atoms with van der Waals surface area (Å²) in [5, 5.41) is 0. The number of hydrogen-bond acceptors (Lipinski definition) is 3. The molecule has 0 unspecified atom stereocenters. The van der Waals surface area contributed by atoms with Gasteiger partial charge >= 0.3 is 4.87 Å². The number of rotatable bonds is 1. The molecule has 4 rings (SSSR count). The summed E-state index contributed by atoms with van der Waals surface area (Å²) < 4.78 is 3.06. The molecule has 0 saturated carbocycles. The average Bonchev–Trinajstić information content (AvgIpc) is 2.97. The molecule has 4 aromatic rings. The number of nitrogens with one attached hydrogen (secondary N) is 1. The molecular weight excluding hydrogens is 282 g/mol. The molecule has 0 aliphatic rings. The Morgan fingerprint density at radius 2 is 2.05 bits per heavy atom. The van der Waals surface area contributed by atoms with Crippen LogP contribution in [0, 0.1) is 13.8 Å². The van der Waals surface area contributed by atoms with Crippen LogP contribution in [0.1, 0.15) is 11.3 Å². The van der Waals surface area contributed by atoms with Crippen LogP contribution in [0.25, 0.3) is 27.1 Å². The minimum atomic E-state index is -0.0236. The van der Waals surface area contributed by atoms with Gasteiger partial charge in [0.05, 0.1) is 15.9 Å². The Morgan fingerprint density at radius 1 is 1.19 bits per heavy atom. The molecule has 1 N–H and O–H groups in total. The molecule has 0 spiro atoms. The number of fused-ring (bicyclic) bond motifs is 2. The van der Waals surface area contributed by atoms with E-state index in [1.807, 2.05) is 24.4 Å². The predicted molar refractivity (Wildman–Crippen MR) is 86.1 cm³/mol. The zero-order valence-electron chi connectivity index (χ0n) is 11.7. The third kappa shape index (κ3) is 1.89. The molecule has 0 radical (unpaired) electrons. The van der Waals surface area contributed by atoms with Gasteiger partial charge in [-0.05, 0) is 43.7 Å². The highest BCUT2D eigenvalue weighted by Gasteiger charge is 2.11. The van der Waals surface area contributed by atoms with E-state index in [0.29, 0.717) is 0 Å². The van der Waals surface area contributed by atoms with Crippen LogP contribution >= 0.6 is 11.3 Å². The van der Waals surface area contributed by atoms with Crippen molar-refractivity contribution in [1.82, 2.24) is 14.4 Å². The van der Waals surface area contributed by atoms with Crippen molar-refractivity contribution in [2.24, 2.45) is 0 Å². The van der Waals surface area contributed by atoms with Gasteiger partial charge in [0.15, 0.2) is 0 Å². The fraction of sp³-hybridized carbons (Fsp3) is 0.125. The molecule has 0 aliphatic heterocycles. The Morgan fingerprint density at radius 3 is 2.90 bits per heavy atom. The maximum atomic E-state index is 11.4. The SMILES string of the molecule is Cc1ccn2c(C)c(-c3ccc4sc(=O)[nH]c4c3)nc2c1. The van der Waals surface area contributed by atoms with Crippen LogP contribution in [0.15, 0.2) is 41.3 Å². The molecule has 3 heterocycles. The van der Waals surface area contributed by atoms with E-state index >= 15 is 0 Å². The quantitative estimate of drug-likeness (QED) is 0.584. The van der Waals surface area contributed by atoms with Crippen molar-refractivity contribution in [2.75, 3.05) is 0 Å². The molecule has 21 heavy (non-hydrogen) atoms. The largest absolute Gasteiger partial charge is 0.312 e. The first-order valence-electron chi connectivity index (χ1n) is 6.70. The second-order valence-corrected chi connectivity index (χ2v) is 6.22. The van der Waals surface area contributed by atoms with Gasteiger partial charge in [0.2, 0.25) is 0 Å². The van der Waals surface area contributed by atoms with E-state index in [0.717, 1.165) is 32.8 Å².